The summed E-state index contributed by atoms with van der Waals surface area (Å²) in [6, 6.07) is 6.93. The van der Waals surface area contributed by atoms with Gasteiger partial charge in [0.15, 0.2) is 0 Å². The number of amides is 1. The molecule has 0 radical (unpaired) electrons. The Morgan fingerprint density at radius 1 is 1.36 bits per heavy atom. The fourth-order valence-corrected chi connectivity index (χ4v) is 2.83. The summed E-state index contributed by atoms with van der Waals surface area (Å²) >= 11 is 1.30. The van der Waals surface area contributed by atoms with Crippen LogP contribution in [0.4, 0.5) is 4.79 Å². The highest BCUT2D eigenvalue weighted by Gasteiger charge is 2.19. The van der Waals surface area contributed by atoms with E-state index in [9.17, 15) is 4.79 Å². The number of aliphatic hydroxyl groups is 1. The van der Waals surface area contributed by atoms with Crippen LogP contribution in [-0.4, -0.2) is 40.2 Å². The van der Waals surface area contributed by atoms with E-state index in [0.717, 1.165) is 11.3 Å². The van der Waals surface area contributed by atoms with Gasteiger partial charge in [-0.3, -0.25) is 0 Å². The Morgan fingerprint density at radius 2 is 2.09 bits per heavy atom. The second-order valence-electron chi connectivity index (χ2n) is 4.56. The maximum absolute atomic E-state index is 11.0. The molecule has 1 amide bonds. The van der Waals surface area contributed by atoms with Gasteiger partial charge in [-0.15, -0.1) is 10.2 Å². The van der Waals surface area contributed by atoms with Crippen LogP contribution < -0.4 is 10.1 Å². The number of carbonyl (C=O) groups is 1. The molecule has 0 aliphatic carbocycles. The molecular weight excluding hydrogens is 306 g/mol. The summed E-state index contributed by atoms with van der Waals surface area (Å²) in [5.74, 6) is 0.743. The lowest BCUT2D eigenvalue weighted by atomic mass is 10.1. The van der Waals surface area contributed by atoms with Crippen LogP contribution in [0.25, 0.3) is 0 Å². The molecule has 8 heteroatoms. The van der Waals surface area contributed by atoms with Crippen molar-refractivity contribution < 1.29 is 19.7 Å². The van der Waals surface area contributed by atoms with Crippen molar-refractivity contribution in [2.45, 2.75) is 18.9 Å². The fraction of sp³-hybridized carbons (Fsp3) is 0.357. The van der Waals surface area contributed by atoms with Crippen molar-refractivity contribution in [3.63, 3.8) is 0 Å². The molecule has 0 spiro atoms. The highest BCUT2D eigenvalue weighted by Crippen LogP contribution is 2.23. The van der Waals surface area contributed by atoms with Gasteiger partial charge in [-0.2, -0.15) is 0 Å². The maximum Gasteiger partial charge on any atom is 0.405 e. The fourth-order valence-electron chi connectivity index (χ4n) is 1.95. The second kappa shape index (κ2) is 7.71. The van der Waals surface area contributed by atoms with E-state index < -0.39 is 12.1 Å². The number of ether oxygens (including phenoxy) is 1. The second-order valence-corrected chi connectivity index (χ2v) is 5.66. The van der Waals surface area contributed by atoms with E-state index >= 15 is 0 Å². The number of carboxylic acid groups (broad SMARTS) is 1. The molecule has 3 N–H and O–H groups in total. The van der Waals surface area contributed by atoms with Crippen molar-refractivity contribution in [1.82, 2.24) is 15.5 Å². The third-order valence-corrected chi connectivity index (χ3v) is 4.10. The van der Waals surface area contributed by atoms with Crippen LogP contribution in [0.1, 0.15) is 21.6 Å². The number of aromatic nitrogens is 2. The Bertz CT molecular complexity index is 615. The predicted octanol–water partition coefficient (Wildman–Crippen LogP) is 1.63. The number of rotatable bonds is 7. The van der Waals surface area contributed by atoms with Gasteiger partial charge in [0, 0.05) is 13.0 Å². The smallest absolute Gasteiger partial charge is 0.405 e. The molecule has 0 aliphatic heterocycles. The van der Waals surface area contributed by atoms with Gasteiger partial charge < -0.3 is 20.3 Å². The van der Waals surface area contributed by atoms with Gasteiger partial charge in [-0.1, -0.05) is 23.5 Å². The highest BCUT2D eigenvalue weighted by molar-refractivity contribution is 7.11. The number of hydrogen-bond donors (Lipinski definition) is 3. The Morgan fingerprint density at radius 3 is 2.68 bits per heavy atom. The molecule has 1 aromatic carbocycles. The third kappa shape index (κ3) is 4.40. The monoisotopic (exact) mass is 323 g/mol. The SMILES string of the molecule is COc1ccc(CC(NC(=O)O)c2nnc(CCO)s2)cc1. The minimum Gasteiger partial charge on any atom is -0.497 e. The molecule has 1 atom stereocenters. The lowest BCUT2D eigenvalue weighted by Crippen LogP contribution is -2.28. The molecule has 1 heterocycles. The van der Waals surface area contributed by atoms with Crippen LogP contribution in [0.5, 0.6) is 5.75 Å². The summed E-state index contributed by atoms with van der Waals surface area (Å²) in [7, 11) is 1.59. The van der Waals surface area contributed by atoms with Gasteiger partial charge in [-0.25, -0.2) is 4.79 Å². The lowest BCUT2D eigenvalue weighted by molar-refractivity contribution is 0.189. The first-order valence-corrected chi connectivity index (χ1v) is 7.49. The number of benzene rings is 1. The average molecular weight is 323 g/mol. The number of nitrogens with zero attached hydrogens (tertiary/aromatic N) is 2. The quantitative estimate of drug-likeness (QED) is 0.715. The Balaban J connectivity index is 2.15. The number of hydrogen-bond acceptors (Lipinski definition) is 6. The number of aliphatic hydroxyl groups excluding tert-OH is 1. The van der Waals surface area contributed by atoms with Crippen LogP contribution in [0.15, 0.2) is 24.3 Å². The van der Waals surface area contributed by atoms with Gasteiger partial charge in [0.25, 0.3) is 0 Å². The van der Waals surface area contributed by atoms with Crippen LogP contribution in [-0.2, 0) is 12.8 Å². The normalized spacial score (nSPS) is 11.9. The number of nitrogens with one attached hydrogen (secondary N) is 1. The van der Waals surface area contributed by atoms with Crippen molar-refractivity contribution in [2.75, 3.05) is 13.7 Å². The van der Waals surface area contributed by atoms with E-state index in [1.165, 1.54) is 11.3 Å². The zero-order valence-corrected chi connectivity index (χ0v) is 12.8. The van der Waals surface area contributed by atoms with Crippen LogP contribution in [0, 0.1) is 0 Å². The molecule has 0 bridgehead atoms. The molecule has 0 aliphatic rings. The van der Waals surface area contributed by atoms with E-state index in [2.05, 4.69) is 15.5 Å². The van der Waals surface area contributed by atoms with Crippen molar-refractivity contribution in [3.05, 3.63) is 39.8 Å². The molecule has 1 unspecified atom stereocenters. The van der Waals surface area contributed by atoms with Crippen molar-refractivity contribution in [1.29, 1.82) is 0 Å². The average Bonchev–Trinajstić information content (AvgIpc) is 2.96. The topological polar surface area (TPSA) is 105 Å². The summed E-state index contributed by atoms with van der Waals surface area (Å²) in [4.78, 5) is 11.0. The first kappa shape index (κ1) is 16.2. The summed E-state index contributed by atoms with van der Waals surface area (Å²) in [5.41, 5.74) is 0.957. The van der Waals surface area contributed by atoms with Crippen LogP contribution in [0.3, 0.4) is 0 Å². The Labute approximate surface area is 131 Å². The van der Waals surface area contributed by atoms with Crippen molar-refractivity contribution >= 4 is 17.4 Å². The van der Waals surface area contributed by atoms with E-state index in [1.54, 1.807) is 7.11 Å². The summed E-state index contributed by atoms with van der Waals surface area (Å²) in [6.07, 6.45) is -0.234. The van der Waals surface area contributed by atoms with Gasteiger partial charge in [-0.05, 0) is 24.1 Å². The Kier molecular flexibility index (Phi) is 5.68. The number of methoxy groups -OCH3 is 1. The van der Waals surface area contributed by atoms with Gasteiger partial charge in [0.05, 0.1) is 13.2 Å². The molecule has 1 aromatic heterocycles. The maximum atomic E-state index is 11.0. The molecule has 0 saturated heterocycles. The zero-order valence-electron chi connectivity index (χ0n) is 12.0. The van der Waals surface area contributed by atoms with E-state index in [1.807, 2.05) is 24.3 Å². The molecule has 7 nitrogen and oxygen atoms in total. The third-order valence-electron chi connectivity index (χ3n) is 3.00. The van der Waals surface area contributed by atoms with Crippen LogP contribution >= 0.6 is 11.3 Å². The van der Waals surface area contributed by atoms with E-state index in [-0.39, 0.29) is 6.61 Å². The highest BCUT2D eigenvalue weighted by atomic mass is 32.1. The van der Waals surface area contributed by atoms with Gasteiger partial charge >= 0.3 is 6.09 Å². The zero-order chi connectivity index (χ0) is 15.9. The van der Waals surface area contributed by atoms with Crippen molar-refractivity contribution in [2.24, 2.45) is 0 Å². The van der Waals surface area contributed by atoms with Crippen molar-refractivity contribution in [3.8, 4) is 5.75 Å². The van der Waals surface area contributed by atoms with E-state index in [4.69, 9.17) is 14.9 Å². The first-order valence-electron chi connectivity index (χ1n) is 6.68. The first-order chi connectivity index (χ1) is 10.6. The van der Waals surface area contributed by atoms with Gasteiger partial charge in [0.1, 0.15) is 15.8 Å². The Hall–Kier alpha value is -2.19. The molecule has 2 aromatic rings. The molecule has 118 valence electrons. The van der Waals surface area contributed by atoms with Crippen LogP contribution in [0.2, 0.25) is 0 Å². The molecule has 0 fully saturated rings. The summed E-state index contributed by atoms with van der Waals surface area (Å²) in [6.45, 7) is -0.00978. The van der Waals surface area contributed by atoms with Gasteiger partial charge in [0.2, 0.25) is 0 Å². The molecular formula is C14H17N3O4S. The standard InChI is InChI=1S/C14H17N3O4S/c1-21-10-4-2-9(3-5-10)8-11(15-14(19)20)13-17-16-12(22-13)6-7-18/h2-5,11,15,18H,6-8H2,1H3,(H,19,20). The minimum absolute atomic E-state index is 0.00978. The summed E-state index contributed by atoms with van der Waals surface area (Å²) < 4.78 is 5.10. The molecule has 0 saturated carbocycles. The summed E-state index contributed by atoms with van der Waals surface area (Å²) in [5, 5.41) is 29.6. The minimum atomic E-state index is -1.11. The predicted molar refractivity (Wildman–Crippen MR) is 81.3 cm³/mol. The van der Waals surface area contributed by atoms with E-state index in [0.29, 0.717) is 22.9 Å². The molecule has 22 heavy (non-hydrogen) atoms. The largest absolute Gasteiger partial charge is 0.497 e. The lowest BCUT2D eigenvalue weighted by Gasteiger charge is -2.14. The molecule has 2 rings (SSSR count).